The molecule has 0 aliphatic heterocycles. The van der Waals surface area contributed by atoms with Crippen molar-refractivity contribution in [2.75, 3.05) is 14.2 Å². The van der Waals surface area contributed by atoms with E-state index in [1.807, 2.05) is 18.2 Å². The molecule has 3 N–H and O–H groups in total. The molecule has 2 rings (SSSR count). The number of carbonyl (C=O) groups is 2. The Hall–Kier alpha value is -3.92. The van der Waals surface area contributed by atoms with E-state index in [0.717, 1.165) is 17.7 Å². The van der Waals surface area contributed by atoms with Gasteiger partial charge in [-0.05, 0) is 17.7 Å². The number of aliphatic hydroxyl groups is 1. The number of ether oxygens (including phenoxy) is 2. The number of aliphatic hydroxyl groups excluding tert-OH is 1. The molecule has 0 fully saturated rings. The van der Waals surface area contributed by atoms with Crippen LogP contribution in [0.15, 0.2) is 48.5 Å². The third-order valence-electron chi connectivity index (χ3n) is 3.69. The predicted molar refractivity (Wildman–Crippen MR) is 107 cm³/mol. The van der Waals surface area contributed by atoms with E-state index in [1.165, 1.54) is 26.4 Å². The topological polar surface area (TPSA) is 156 Å². The molecule has 0 heterocycles. The summed E-state index contributed by atoms with van der Waals surface area (Å²) in [5, 5.41) is 36.8. The van der Waals surface area contributed by atoms with Crippen LogP contribution < -0.4 is 9.47 Å². The highest BCUT2D eigenvalue weighted by atomic mass is 16.6. The van der Waals surface area contributed by atoms with E-state index in [9.17, 15) is 19.7 Å². The summed E-state index contributed by atoms with van der Waals surface area (Å²) in [6.07, 6.45) is 0.805. The second-order valence-electron chi connectivity index (χ2n) is 5.74. The van der Waals surface area contributed by atoms with Crippen molar-refractivity contribution in [1.82, 2.24) is 0 Å². The van der Waals surface area contributed by atoms with Crippen molar-refractivity contribution in [2.24, 2.45) is 0 Å². The molecule has 0 aromatic heterocycles. The van der Waals surface area contributed by atoms with Gasteiger partial charge in [0.25, 0.3) is 5.69 Å². The first kappa shape index (κ1) is 24.1. The van der Waals surface area contributed by atoms with Crippen molar-refractivity contribution in [3.63, 3.8) is 0 Å². The number of nitro benzene ring substituents is 1. The number of carboxylic acids is 2. The molecule has 1 atom stereocenters. The molecule has 0 unspecified atom stereocenters. The predicted octanol–water partition coefficient (Wildman–Crippen LogP) is 2.38. The lowest BCUT2D eigenvalue weighted by molar-refractivity contribution is -0.385. The molecule has 0 spiro atoms. The zero-order valence-corrected chi connectivity index (χ0v) is 16.2. The maximum absolute atomic E-state index is 10.9. The average Bonchev–Trinajstić information content (AvgIpc) is 2.72. The second-order valence-corrected chi connectivity index (χ2v) is 5.74. The fraction of sp³-hybridized carbons (Fsp3) is 0.200. The number of benzene rings is 2. The molecule has 0 bridgehead atoms. The van der Waals surface area contributed by atoms with Gasteiger partial charge in [-0.2, -0.15) is 0 Å². The summed E-state index contributed by atoms with van der Waals surface area (Å²) in [5.74, 6) is -1.89. The van der Waals surface area contributed by atoms with Crippen LogP contribution in [0.5, 0.6) is 11.5 Å². The van der Waals surface area contributed by atoms with Gasteiger partial charge in [0.15, 0.2) is 17.6 Å². The van der Waals surface area contributed by atoms with Crippen LogP contribution in [-0.4, -0.2) is 52.5 Å². The van der Waals surface area contributed by atoms with E-state index in [1.54, 1.807) is 12.1 Å². The minimum atomic E-state index is -1.30. The SMILES string of the molecule is COc1cc(C=CC(=O)O)c([N+](=O)[O-])cc1OC.O=C(O)[C@@H](O)Cc1ccccc1. The van der Waals surface area contributed by atoms with E-state index >= 15 is 0 Å². The van der Waals surface area contributed by atoms with E-state index in [4.69, 9.17) is 24.8 Å². The van der Waals surface area contributed by atoms with Crippen molar-refractivity contribution in [3.8, 4) is 11.5 Å². The number of aliphatic carboxylic acids is 2. The van der Waals surface area contributed by atoms with Gasteiger partial charge in [-0.15, -0.1) is 0 Å². The van der Waals surface area contributed by atoms with Crippen LogP contribution >= 0.6 is 0 Å². The van der Waals surface area contributed by atoms with Crippen LogP contribution in [-0.2, 0) is 16.0 Å². The van der Waals surface area contributed by atoms with Gasteiger partial charge in [0, 0.05) is 12.5 Å². The highest BCUT2D eigenvalue weighted by Gasteiger charge is 2.18. The monoisotopic (exact) mass is 419 g/mol. The quantitative estimate of drug-likeness (QED) is 0.332. The Labute approximate surface area is 171 Å². The highest BCUT2D eigenvalue weighted by Crippen LogP contribution is 2.35. The summed E-state index contributed by atoms with van der Waals surface area (Å²) in [6.45, 7) is 0. The lowest BCUT2D eigenvalue weighted by Crippen LogP contribution is -2.21. The number of hydrogen-bond donors (Lipinski definition) is 3. The van der Waals surface area contributed by atoms with Gasteiger partial charge in [-0.25, -0.2) is 9.59 Å². The maximum atomic E-state index is 10.9. The molecule has 160 valence electrons. The standard InChI is InChI=1S/C11H11NO6.C9H10O3/c1-17-9-5-7(3-4-11(13)14)8(12(15)16)6-10(9)18-2;10-8(9(11)12)6-7-4-2-1-3-5-7/h3-6H,1-2H3,(H,13,14);1-5,8,10H,6H2,(H,11,12)/t;8-/m.0/s1. The van der Waals surface area contributed by atoms with Crippen LogP contribution in [0.4, 0.5) is 5.69 Å². The van der Waals surface area contributed by atoms with Crippen LogP contribution in [0.2, 0.25) is 0 Å². The maximum Gasteiger partial charge on any atom is 0.332 e. The van der Waals surface area contributed by atoms with Gasteiger partial charge >= 0.3 is 11.9 Å². The van der Waals surface area contributed by atoms with E-state index in [-0.39, 0.29) is 29.2 Å². The molecule has 0 saturated carbocycles. The van der Waals surface area contributed by atoms with E-state index < -0.39 is 23.0 Å². The number of nitrogens with zero attached hydrogens (tertiary/aromatic N) is 1. The summed E-state index contributed by atoms with van der Waals surface area (Å²) < 4.78 is 9.93. The summed E-state index contributed by atoms with van der Waals surface area (Å²) >= 11 is 0. The van der Waals surface area contributed by atoms with Gasteiger partial charge in [0.05, 0.1) is 30.8 Å². The Morgan fingerprint density at radius 2 is 1.67 bits per heavy atom. The first-order valence-corrected chi connectivity index (χ1v) is 8.45. The Kier molecular flexibility index (Phi) is 9.50. The molecule has 30 heavy (non-hydrogen) atoms. The molecule has 2 aromatic carbocycles. The Balaban J connectivity index is 0.000000325. The second kappa shape index (κ2) is 11.8. The first-order chi connectivity index (χ1) is 14.2. The Morgan fingerprint density at radius 3 is 2.13 bits per heavy atom. The van der Waals surface area contributed by atoms with Crippen LogP contribution in [0, 0.1) is 10.1 Å². The zero-order valence-electron chi connectivity index (χ0n) is 16.2. The molecule has 2 aromatic rings. The smallest absolute Gasteiger partial charge is 0.332 e. The molecule has 0 amide bonds. The number of rotatable bonds is 8. The Morgan fingerprint density at radius 1 is 1.10 bits per heavy atom. The average molecular weight is 419 g/mol. The van der Waals surface area contributed by atoms with Crippen molar-refractivity contribution in [1.29, 1.82) is 0 Å². The van der Waals surface area contributed by atoms with Crippen LogP contribution in [0.3, 0.4) is 0 Å². The molecule has 0 aliphatic carbocycles. The zero-order chi connectivity index (χ0) is 22.7. The Bertz CT molecular complexity index is 910. The largest absolute Gasteiger partial charge is 0.493 e. The summed E-state index contributed by atoms with van der Waals surface area (Å²) in [7, 11) is 2.74. The molecule has 10 nitrogen and oxygen atoms in total. The summed E-state index contributed by atoms with van der Waals surface area (Å²) in [6, 6.07) is 11.6. The number of methoxy groups -OCH3 is 2. The fourth-order valence-electron chi connectivity index (χ4n) is 2.26. The van der Waals surface area contributed by atoms with Crippen molar-refractivity contribution in [3.05, 3.63) is 69.8 Å². The van der Waals surface area contributed by atoms with E-state index in [0.29, 0.717) is 0 Å². The van der Waals surface area contributed by atoms with E-state index in [2.05, 4.69) is 0 Å². The van der Waals surface area contributed by atoms with Gasteiger partial charge in [-0.1, -0.05) is 30.3 Å². The minimum absolute atomic E-state index is 0.125. The number of nitro groups is 1. The van der Waals surface area contributed by atoms with Gasteiger partial charge < -0.3 is 24.8 Å². The van der Waals surface area contributed by atoms with Crippen molar-refractivity contribution < 1.29 is 39.3 Å². The summed E-state index contributed by atoms with van der Waals surface area (Å²) in [4.78, 5) is 30.9. The van der Waals surface area contributed by atoms with Crippen molar-refractivity contribution >= 4 is 23.7 Å². The van der Waals surface area contributed by atoms with Gasteiger partial charge in [-0.3, -0.25) is 10.1 Å². The number of hydrogen-bond acceptors (Lipinski definition) is 7. The molecule has 0 radical (unpaired) electrons. The molecule has 0 aliphatic rings. The van der Waals surface area contributed by atoms with Crippen molar-refractivity contribution in [2.45, 2.75) is 12.5 Å². The van der Waals surface area contributed by atoms with Gasteiger partial charge in [0.2, 0.25) is 0 Å². The molecule has 10 heteroatoms. The lowest BCUT2D eigenvalue weighted by atomic mass is 10.1. The number of carboxylic acid groups (broad SMARTS) is 2. The lowest BCUT2D eigenvalue weighted by Gasteiger charge is -2.08. The highest BCUT2D eigenvalue weighted by molar-refractivity contribution is 5.86. The first-order valence-electron chi connectivity index (χ1n) is 8.45. The molecular weight excluding hydrogens is 398 g/mol. The van der Waals surface area contributed by atoms with Gasteiger partial charge in [0.1, 0.15) is 0 Å². The minimum Gasteiger partial charge on any atom is -0.493 e. The summed E-state index contributed by atoms with van der Waals surface area (Å²) in [5.41, 5.74) is 0.692. The normalized spacial score (nSPS) is 11.2. The fourth-order valence-corrected chi connectivity index (χ4v) is 2.26. The third kappa shape index (κ3) is 7.60. The molecular formula is C20H21NO9. The molecule has 0 saturated heterocycles. The van der Waals surface area contributed by atoms with Crippen LogP contribution in [0.1, 0.15) is 11.1 Å². The third-order valence-corrected chi connectivity index (χ3v) is 3.69. The van der Waals surface area contributed by atoms with Crippen LogP contribution in [0.25, 0.3) is 6.08 Å².